The summed E-state index contributed by atoms with van der Waals surface area (Å²) in [6.45, 7) is 3.86. The quantitative estimate of drug-likeness (QED) is 0.720. The number of hydrogen-bond donors (Lipinski definition) is 2. The molecule has 25 heavy (non-hydrogen) atoms. The van der Waals surface area contributed by atoms with Crippen LogP contribution in [-0.2, 0) is 12.7 Å². The Bertz CT molecular complexity index is 740. The molecule has 0 saturated heterocycles. The monoisotopic (exact) mass is 354 g/mol. The fraction of sp³-hybridized carbons (Fsp3) is 0.278. The van der Waals surface area contributed by atoms with Gasteiger partial charge in [0.25, 0.3) is 0 Å². The van der Waals surface area contributed by atoms with Crippen LogP contribution >= 0.6 is 0 Å². The molecule has 0 fully saturated rings. The minimum atomic E-state index is -4.64. The van der Waals surface area contributed by atoms with Gasteiger partial charge in [-0.3, -0.25) is 0 Å². The van der Waals surface area contributed by atoms with E-state index in [4.69, 9.17) is 0 Å². The predicted molar refractivity (Wildman–Crippen MR) is 87.8 cm³/mol. The van der Waals surface area contributed by atoms with Gasteiger partial charge >= 0.3 is 12.2 Å². The zero-order valence-corrected chi connectivity index (χ0v) is 13.7. The van der Waals surface area contributed by atoms with E-state index in [-0.39, 0.29) is 12.1 Å². The molecule has 2 aromatic rings. The summed E-state index contributed by atoms with van der Waals surface area (Å²) in [5, 5.41) is 4.98. The van der Waals surface area contributed by atoms with E-state index >= 15 is 0 Å². The molecule has 0 aromatic heterocycles. The van der Waals surface area contributed by atoms with Gasteiger partial charge in [0.05, 0.1) is 5.56 Å². The number of hydrogen-bond acceptors (Lipinski definition) is 1. The lowest BCUT2D eigenvalue weighted by atomic mass is 10.0. The molecule has 0 saturated carbocycles. The Morgan fingerprint density at radius 2 is 1.72 bits per heavy atom. The van der Waals surface area contributed by atoms with Gasteiger partial charge in [-0.1, -0.05) is 26.0 Å². The van der Waals surface area contributed by atoms with Gasteiger partial charge in [0, 0.05) is 12.2 Å². The Labute approximate surface area is 143 Å². The molecule has 0 spiro atoms. The summed E-state index contributed by atoms with van der Waals surface area (Å²) in [4.78, 5) is 11.8. The van der Waals surface area contributed by atoms with Gasteiger partial charge in [0.2, 0.25) is 0 Å². The largest absolute Gasteiger partial charge is 0.416 e. The molecule has 7 heteroatoms. The molecule has 2 aromatic carbocycles. The summed E-state index contributed by atoms with van der Waals surface area (Å²) in [5.74, 6) is -0.644. The third-order valence-electron chi connectivity index (χ3n) is 3.57. The van der Waals surface area contributed by atoms with E-state index in [0.29, 0.717) is 17.7 Å². The Hall–Kier alpha value is -2.57. The van der Waals surface area contributed by atoms with E-state index in [1.807, 2.05) is 26.0 Å². The van der Waals surface area contributed by atoms with E-state index in [2.05, 4.69) is 10.6 Å². The SMILES string of the molecule is CC(C)c1ccc(NC(=O)NCc2cc(F)cc(C(F)(F)F)c2)cc1. The Balaban J connectivity index is 1.97. The minimum absolute atomic E-state index is 0.0256. The number of rotatable bonds is 4. The van der Waals surface area contributed by atoms with Crippen molar-refractivity contribution in [2.75, 3.05) is 5.32 Å². The van der Waals surface area contributed by atoms with Crippen LogP contribution < -0.4 is 10.6 Å². The van der Waals surface area contributed by atoms with Crippen LogP contribution in [0.15, 0.2) is 42.5 Å². The zero-order valence-electron chi connectivity index (χ0n) is 13.7. The number of halogens is 4. The second kappa shape index (κ2) is 7.55. The zero-order chi connectivity index (χ0) is 18.6. The van der Waals surface area contributed by atoms with Crippen molar-refractivity contribution in [3.05, 3.63) is 65.0 Å². The maximum absolute atomic E-state index is 13.3. The number of urea groups is 1. The van der Waals surface area contributed by atoms with Gasteiger partial charge in [-0.05, 0) is 47.4 Å². The number of carbonyl (C=O) groups is 1. The van der Waals surface area contributed by atoms with Crippen molar-refractivity contribution < 1.29 is 22.4 Å². The molecule has 0 radical (unpaired) electrons. The van der Waals surface area contributed by atoms with Crippen molar-refractivity contribution in [3.8, 4) is 0 Å². The lowest BCUT2D eigenvalue weighted by Crippen LogP contribution is -2.28. The molecule has 0 aliphatic carbocycles. The first-order valence-corrected chi connectivity index (χ1v) is 7.66. The summed E-state index contributed by atoms with van der Waals surface area (Å²) in [6, 6.07) is 8.81. The number of benzene rings is 2. The third-order valence-corrected chi connectivity index (χ3v) is 3.57. The highest BCUT2D eigenvalue weighted by atomic mass is 19.4. The van der Waals surface area contributed by atoms with Crippen molar-refractivity contribution in [3.63, 3.8) is 0 Å². The van der Waals surface area contributed by atoms with Crippen molar-refractivity contribution in [2.45, 2.75) is 32.5 Å². The number of nitrogens with one attached hydrogen (secondary N) is 2. The number of anilines is 1. The molecule has 3 nitrogen and oxygen atoms in total. The van der Waals surface area contributed by atoms with Crippen LogP contribution in [-0.4, -0.2) is 6.03 Å². The first-order valence-electron chi connectivity index (χ1n) is 7.66. The van der Waals surface area contributed by atoms with Crippen molar-refractivity contribution in [1.82, 2.24) is 5.32 Å². The summed E-state index contributed by atoms with van der Waals surface area (Å²) >= 11 is 0. The van der Waals surface area contributed by atoms with Gasteiger partial charge in [-0.15, -0.1) is 0 Å². The predicted octanol–water partition coefficient (Wildman–Crippen LogP) is 5.29. The highest BCUT2D eigenvalue weighted by molar-refractivity contribution is 5.89. The summed E-state index contributed by atoms with van der Waals surface area (Å²) < 4.78 is 51.3. The maximum atomic E-state index is 13.3. The Morgan fingerprint density at radius 1 is 1.08 bits per heavy atom. The molecule has 134 valence electrons. The minimum Gasteiger partial charge on any atom is -0.334 e. The normalized spacial score (nSPS) is 11.5. The smallest absolute Gasteiger partial charge is 0.334 e. The Morgan fingerprint density at radius 3 is 2.28 bits per heavy atom. The molecular weight excluding hydrogens is 336 g/mol. The second-order valence-corrected chi connectivity index (χ2v) is 5.93. The first-order chi connectivity index (χ1) is 11.6. The van der Waals surface area contributed by atoms with Crippen LogP contribution in [0.25, 0.3) is 0 Å². The van der Waals surface area contributed by atoms with Crippen molar-refractivity contribution >= 4 is 11.7 Å². The molecule has 2 rings (SSSR count). The van der Waals surface area contributed by atoms with Gasteiger partial charge in [-0.25, -0.2) is 9.18 Å². The highest BCUT2D eigenvalue weighted by Crippen LogP contribution is 2.30. The summed E-state index contributed by atoms with van der Waals surface area (Å²) in [7, 11) is 0. The molecule has 0 bridgehead atoms. The average molecular weight is 354 g/mol. The molecule has 0 atom stereocenters. The lowest BCUT2D eigenvalue weighted by Gasteiger charge is -2.11. The fourth-order valence-corrected chi connectivity index (χ4v) is 2.23. The van der Waals surface area contributed by atoms with Crippen LogP contribution in [0.4, 0.5) is 28.0 Å². The van der Waals surface area contributed by atoms with Crippen LogP contribution in [0.3, 0.4) is 0 Å². The molecule has 0 heterocycles. The standard InChI is InChI=1S/C18H18F4N2O/c1-11(2)13-3-5-16(6-4-13)24-17(25)23-10-12-7-14(18(20,21)22)9-15(19)8-12/h3-9,11H,10H2,1-2H3,(H2,23,24,25). The third kappa shape index (κ3) is 5.48. The fourth-order valence-electron chi connectivity index (χ4n) is 2.23. The van der Waals surface area contributed by atoms with Gasteiger partial charge < -0.3 is 10.6 Å². The molecule has 2 N–H and O–H groups in total. The second-order valence-electron chi connectivity index (χ2n) is 5.93. The van der Waals surface area contributed by atoms with E-state index in [1.165, 1.54) is 0 Å². The van der Waals surface area contributed by atoms with Gasteiger partial charge in [0.15, 0.2) is 0 Å². The highest BCUT2D eigenvalue weighted by Gasteiger charge is 2.31. The van der Waals surface area contributed by atoms with Crippen molar-refractivity contribution in [2.24, 2.45) is 0 Å². The maximum Gasteiger partial charge on any atom is 0.416 e. The number of alkyl halides is 3. The first kappa shape index (κ1) is 18.8. The van der Waals surface area contributed by atoms with E-state index < -0.39 is 23.6 Å². The van der Waals surface area contributed by atoms with Gasteiger partial charge in [0.1, 0.15) is 5.82 Å². The average Bonchev–Trinajstić information content (AvgIpc) is 2.52. The number of amides is 2. The van der Waals surface area contributed by atoms with E-state index in [0.717, 1.165) is 17.7 Å². The topological polar surface area (TPSA) is 41.1 Å². The molecule has 0 aliphatic rings. The van der Waals surface area contributed by atoms with E-state index in [9.17, 15) is 22.4 Å². The van der Waals surface area contributed by atoms with Crippen LogP contribution in [0.1, 0.15) is 36.5 Å². The van der Waals surface area contributed by atoms with Crippen LogP contribution in [0.2, 0.25) is 0 Å². The molecule has 0 aliphatic heterocycles. The van der Waals surface area contributed by atoms with E-state index in [1.54, 1.807) is 12.1 Å². The van der Waals surface area contributed by atoms with Crippen LogP contribution in [0, 0.1) is 5.82 Å². The van der Waals surface area contributed by atoms with Crippen LogP contribution in [0.5, 0.6) is 0 Å². The summed E-state index contributed by atoms with van der Waals surface area (Å²) in [6.07, 6.45) is -4.64. The van der Waals surface area contributed by atoms with Gasteiger partial charge in [-0.2, -0.15) is 13.2 Å². The summed E-state index contributed by atoms with van der Waals surface area (Å²) in [5.41, 5.74) is 0.606. The number of carbonyl (C=O) groups excluding carboxylic acids is 1. The molecular formula is C18H18F4N2O. The molecule has 2 amide bonds. The van der Waals surface area contributed by atoms with Crippen molar-refractivity contribution in [1.29, 1.82) is 0 Å². The lowest BCUT2D eigenvalue weighted by molar-refractivity contribution is -0.137. The Kier molecular flexibility index (Phi) is 5.66. The molecule has 0 unspecified atom stereocenters.